The molecule has 0 fully saturated rings. The molecule has 0 atom stereocenters. The van der Waals surface area contributed by atoms with Gasteiger partial charge < -0.3 is 5.32 Å². The quantitative estimate of drug-likeness (QED) is 0.493. The molecule has 0 bridgehead atoms. The highest BCUT2D eigenvalue weighted by Gasteiger charge is 2.31. The Morgan fingerprint density at radius 3 is 2.24 bits per heavy atom. The summed E-state index contributed by atoms with van der Waals surface area (Å²) in [7, 11) is 0. The molecule has 3 aromatic rings. The summed E-state index contributed by atoms with van der Waals surface area (Å²) in [5.41, 5.74) is 1.29. The molecule has 6 heteroatoms. The van der Waals surface area contributed by atoms with Crippen molar-refractivity contribution in [1.82, 2.24) is 0 Å². The van der Waals surface area contributed by atoms with Crippen LogP contribution in [0.4, 0.5) is 10.1 Å². The standard InChI is InChI=1S/C23H13ClFNO3/c24-17-8-4-9-18(25)15(17)11-12-20(27)26-19-10-3-7-16-21(19)23(29)14-6-2-1-5-13(14)22(16)28/h1-12H,(H,26,27)/b12-11-. The lowest BCUT2D eigenvalue weighted by Crippen LogP contribution is -2.23. The Hall–Kier alpha value is -3.57. The number of carbonyl (C=O) groups excluding carboxylic acids is 3. The Bertz CT molecular complexity index is 1200. The zero-order valence-corrected chi connectivity index (χ0v) is 15.7. The topological polar surface area (TPSA) is 63.2 Å². The first-order valence-electron chi connectivity index (χ1n) is 8.72. The van der Waals surface area contributed by atoms with Crippen LogP contribution in [-0.4, -0.2) is 17.5 Å². The first-order valence-corrected chi connectivity index (χ1v) is 9.09. The van der Waals surface area contributed by atoms with Crippen LogP contribution in [0.1, 0.15) is 37.4 Å². The minimum Gasteiger partial charge on any atom is -0.322 e. The Morgan fingerprint density at radius 2 is 1.52 bits per heavy atom. The molecule has 142 valence electrons. The second kappa shape index (κ2) is 7.45. The van der Waals surface area contributed by atoms with E-state index in [0.29, 0.717) is 11.1 Å². The Kier molecular flexibility index (Phi) is 4.82. The zero-order chi connectivity index (χ0) is 20.5. The summed E-state index contributed by atoms with van der Waals surface area (Å²) in [5, 5.41) is 2.77. The van der Waals surface area contributed by atoms with Gasteiger partial charge in [0.1, 0.15) is 5.82 Å². The van der Waals surface area contributed by atoms with Crippen LogP contribution in [-0.2, 0) is 4.79 Å². The number of halogens is 2. The molecule has 1 N–H and O–H groups in total. The largest absolute Gasteiger partial charge is 0.322 e. The maximum absolute atomic E-state index is 13.8. The third kappa shape index (κ3) is 3.37. The molecular formula is C23H13ClFNO3. The van der Waals surface area contributed by atoms with Crippen molar-refractivity contribution in [2.75, 3.05) is 5.32 Å². The van der Waals surface area contributed by atoms with Gasteiger partial charge in [-0.3, -0.25) is 14.4 Å². The number of fused-ring (bicyclic) bond motifs is 2. The number of amides is 1. The Morgan fingerprint density at radius 1 is 0.862 bits per heavy atom. The van der Waals surface area contributed by atoms with E-state index in [1.54, 1.807) is 42.5 Å². The van der Waals surface area contributed by atoms with Crippen molar-refractivity contribution < 1.29 is 18.8 Å². The number of carbonyl (C=O) groups is 3. The summed E-state index contributed by atoms with van der Waals surface area (Å²) in [6, 6.07) is 15.4. The van der Waals surface area contributed by atoms with E-state index in [-0.39, 0.29) is 39.0 Å². The highest BCUT2D eigenvalue weighted by Crippen LogP contribution is 2.32. The maximum atomic E-state index is 13.8. The van der Waals surface area contributed by atoms with Gasteiger partial charge in [-0.15, -0.1) is 0 Å². The van der Waals surface area contributed by atoms with Gasteiger partial charge in [-0.25, -0.2) is 4.39 Å². The summed E-state index contributed by atoms with van der Waals surface area (Å²) in [6.07, 6.45) is 2.37. The smallest absolute Gasteiger partial charge is 0.248 e. The monoisotopic (exact) mass is 405 g/mol. The molecule has 4 rings (SSSR count). The van der Waals surface area contributed by atoms with Crippen LogP contribution >= 0.6 is 11.6 Å². The molecule has 1 aliphatic rings. The molecule has 4 nitrogen and oxygen atoms in total. The number of benzene rings is 3. The average Bonchev–Trinajstić information content (AvgIpc) is 2.71. The summed E-state index contributed by atoms with van der Waals surface area (Å²) in [4.78, 5) is 38.0. The molecule has 1 amide bonds. The predicted molar refractivity (Wildman–Crippen MR) is 109 cm³/mol. The van der Waals surface area contributed by atoms with E-state index < -0.39 is 11.7 Å². The van der Waals surface area contributed by atoms with Crippen LogP contribution in [0.25, 0.3) is 6.08 Å². The van der Waals surface area contributed by atoms with E-state index in [0.717, 1.165) is 6.08 Å². The van der Waals surface area contributed by atoms with Gasteiger partial charge in [-0.1, -0.05) is 54.1 Å². The molecule has 0 spiro atoms. The molecule has 3 aromatic carbocycles. The van der Waals surface area contributed by atoms with Gasteiger partial charge in [0.25, 0.3) is 0 Å². The number of nitrogens with one attached hydrogen (secondary N) is 1. The number of anilines is 1. The number of hydrogen-bond acceptors (Lipinski definition) is 3. The van der Waals surface area contributed by atoms with Crippen LogP contribution in [0, 0.1) is 5.82 Å². The Labute approximate surface area is 170 Å². The van der Waals surface area contributed by atoms with Crippen LogP contribution in [0.15, 0.2) is 66.7 Å². The van der Waals surface area contributed by atoms with Gasteiger partial charge >= 0.3 is 0 Å². The van der Waals surface area contributed by atoms with Gasteiger partial charge in [-0.05, 0) is 24.3 Å². The van der Waals surface area contributed by atoms with Crippen LogP contribution in [0.5, 0.6) is 0 Å². The van der Waals surface area contributed by atoms with E-state index in [4.69, 9.17) is 11.6 Å². The molecule has 0 radical (unpaired) electrons. The maximum Gasteiger partial charge on any atom is 0.248 e. The molecule has 0 aliphatic heterocycles. The Balaban J connectivity index is 1.66. The van der Waals surface area contributed by atoms with E-state index in [2.05, 4.69) is 5.32 Å². The fourth-order valence-electron chi connectivity index (χ4n) is 3.25. The second-order valence-corrected chi connectivity index (χ2v) is 6.80. The molecule has 0 saturated carbocycles. The van der Waals surface area contributed by atoms with E-state index in [1.165, 1.54) is 24.3 Å². The molecule has 0 heterocycles. The first-order chi connectivity index (χ1) is 14.0. The van der Waals surface area contributed by atoms with Crippen molar-refractivity contribution in [2.45, 2.75) is 0 Å². The van der Waals surface area contributed by atoms with Gasteiger partial charge in [-0.2, -0.15) is 0 Å². The lowest BCUT2D eigenvalue weighted by atomic mass is 9.83. The third-order valence-electron chi connectivity index (χ3n) is 4.61. The predicted octanol–water partition coefficient (Wildman–Crippen LogP) is 4.91. The van der Waals surface area contributed by atoms with Crippen molar-refractivity contribution in [2.24, 2.45) is 0 Å². The number of rotatable bonds is 3. The van der Waals surface area contributed by atoms with E-state index in [9.17, 15) is 18.8 Å². The zero-order valence-electron chi connectivity index (χ0n) is 14.9. The van der Waals surface area contributed by atoms with Gasteiger partial charge in [0.15, 0.2) is 11.6 Å². The normalized spacial score (nSPS) is 12.6. The fourth-order valence-corrected chi connectivity index (χ4v) is 3.48. The lowest BCUT2D eigenvalue weighted by molar-refractivity contribution is -0.111. The summed E-state index contributed by atoms with van der Waals surface area (Å²) >= 11 is 5.95. The third-order valence-corrected chi connectivity index (χ3v) is 4.94. The highest BCUT2D eigenvalue weighted by atomic mass is 35.5. The average molecular weight is 406 g/mol. The van der Waals surface area contributed by atoms with Crippen LogP contribution < -0.4 is 5.32 Å². The van der Waals surface area contributed by atoms with Crippen molar-refractivity contribution in [3.05, 3.63) is 105 Å². The SMILES string of the molecule is O=C(/C=C\c1c(F)cccc1Cl)Nc1cccc2c1C(=O)c1ccccc1C2=O. The van der Waals surface area contributed by atoms with Gasteiger partial charge in [0, 0.05) is 28.3 Å². The van der Waals surface area contributed by atoms with Gasteiger partial charge in [0.2, 0.25) is 5.91 Å². The van der Waals surface area contributed by atoms with Crippen LogP contribution in [0.2, 0.25) is 5.02 Å². The summed E-state index contributed by atoms with van der Waals surface area (Å²) in [6.45, 7) is 0. The van der Waals surface area contributed by atoms with E-state index in [1.807, 2.05) is 0 Å². The summed E-state index contributed by atoms with van der Waals surface area (Å²) in [5.74, 6) is -1.76. The molecular weight excluding hydrogens is 393 g/mol. The minimum atomic E-state index is -0.586. The lowest BCUT2D eigenvalue weighted by Gasteiger charge is -2.20. The molecule has 1 aliphatic carbocycles. The molecule has 0 aromatic heterocycles. The first kappa shape index (κ1) is 18.8. The second-order valence-electron chi connectivity index (χ2n) is 6.39. The van der Waals surface area contributed by atoms with Gasteiger partial charge in [0.05, 0.1) is 16.3 Å². The van der Waals surface area contributed by atoms with Crippen molar-refractivity contribution in [3.63, 3.8) is 0 Å². The number of hydrogen-bond donors (Lipinski definition) is 1. The van der Waals surface area contributed by atoms with Crippen molar-refractivity contribution in [1.29, 1.82) is 0 Å². The molecule has 0 unspecified atom stereocenters. The van der Waals surface area contributed by atoms with Crippen LogP contribution in [0.3, 0.4) is 0 Å². The molecule has 0 saturated heterocycles. The minimum absolute atomic E-state index is 0.0830. The fraction of sp³-hybridized carbons (Fsp3) is 0. The number of ketones is 2. The van der Waals surface area contributed by atoms with E-state index >= 15 is 0 Å². The summed E-state index contributed by atoms with van der Waals surface area (Å²) < 4.78 is 13.8. The molecule has 29 heavy (non-hydrogen) atoms. The highest BCUT2D eigenvalue weighted by molar-refractivity contribution is 6.32. The van der Waals surface area contributed by atoms with Crippen molar-refractivity contribution >= 4 is 40.8 Å². The van der Waals surface area contributed by atoms with Crippen molar-refractivity contribution in [3.8, 4) is 0 Å².